The molecule has 1 fully saturated rings. The first kappa shape index (κ1) is 11.6. The summed E-state index contributed by atoms with van der Waals surface area (Å²) >= 11 is 3.71. The van der Waals surface area contributed by atoms with E-state index < -0.39 is 0 Å². The molecule has 2 atom stereocenters. The maximum atomic E-state index is 4.84. The van der Waals surface area contributed by atoms with Gasteiger partial charge in [-0.15, -0.1) is 0 Å². The van der Waals surface area contributed by atoms with Crippen molar-refractivity contribution < 1.29 is 0 Å². The molecular formula is C13H20BrN3. The molecule has 1 saturated carbocycles. The molecule has 0 radical (unpaired) electrons. The van der Waals surface area contributed by atoms with E-state index in [1.54, 1.807) is 0 Å². The molecule has 1 aromatic rings. The van der Waals surface area contributed by atoms with Crippen molar-refractivity contribution in [1.82, 2.24) is 9.78 Å². The van der Waals surface area contributed by atoms with Crippen LogP contribution in [0.4, 0.5) is 5.82 Å². The monoisotopic (exact) mass is 297 g/mol. The minimum atomic E-state index is 0.478. The molecule has 1 aliphatic carbocycles. The number of anilines is 1. The molecule has 1 aromatic heterocycles. The van der Waals surface area contributed by atoms with E-state index in [0.717, 1.165) is 12.5 Å². The van der Waals surface area contributed by atoms with Crippen LogP contribution in [-0.2, 0) is 0 Å². The van der Waals surface area contributed by atoms with Gasteiger partial charge in [0, 0.05) is 6.54 Å². The summed E-state index contributed by atoms with van der Waals surface area (Å²) in [7, 11) is 0. The molecule has 0 spiro atoms. The molecule has 0 aromatic carbocycles. The van der Waals surface area contributed by atoms with E-state index in [-0.39, 0.29) is 0 Å². The smallest absolute Gasteiger partial charge is 0.139 e. The second kappa shape index (κ2) is 4.30. The molecule has 94 valence electrons. The Kier molecular flexibility index (Phi) is 2.93. The van der Waals surface area contributed by atoms with Crippen LogP contribution in [-0.4, -0.2) is 16.3 Å². The third-order valence-corrected chi connectivity index (χ3v) is 4.92. The molecule has 4 heteroatoms. The molecule has 2 heterocycles. The maximum Gasteiger partial charge on any atom is 0.139 e. The van der Waals surface area contributed by atoms with Gasteiger partial charge in [0.05, 0.1) is 16.2 Å². The largest absolute Gasteiger partial charge is 0.369 e. The highest BCUT2D eigenvalue weighted by atomic mass is 79.9. The molecule has 3 nitrogen and oxygen atoms in total. The summed E-state index contributed by atoms with van der Waals surface area (Å²) in [6, 6.07) is 0.629. The Morgan fingerprint density at radius 3 is 2.88 bits per heavy atom. The van der Waals surface area contributed by atoms with Gasteiger partial charge in [0.2, 0.25) is 0 Å². The van der Waals surface area contributed by atoms with Crippen LogP contribution in [0.15, 0.2) is 4.47 Å². The minimum Gasteiger partial charge on any atom is -0.369 e. The topological polar surface area (TPSA) is 29.9 Å². The average Bonchev–Trinajstić information content (AvgIpc) is 2.67. The fourth-order valence-electron chi connectivity index (χ4n) is 3.18. The number of halogens is 1. The number of aromatic nitrogens is 2. The summed E-state index contributed by atoms with van der Waals surface area (Å²) in [6.45, 7) is 5.53. The summed E-state index contributed by atoms with van der Waals surface area (Å²) in [6.07, 6.45) is 5.39. The van der Waals surface area contributed by atoms with Crippen molar-refractivity contribution in [3.63, 3.8) is 0 Å². The second-order valence-electron chi connectivity index (χ2n) is 5.64. The van der Waals surface area contributed by atoms with Gasteiger partial charge in [0.1, 0.15) is 5.82 Å². The SMILES string of the molecule is CC(C)c1nn2c(c1Br)NCC1CCCCC12. The Balaban J connectivity index is 2.02. The van der Waals surface area contributed by atoms with Crippen LogP contribution in [0.2, 0.25) is 0 Å². The molecule has 1 N–H and O–H groups in total. The summed E-state index contributed by atoms with van der Waals surface area (Å²) in [5.41, 5.74) is 1.19. The van der Waals surface area contributed by atoms with E-state index in [9.17, 15) is 0 Å². The summed E-state index contributed by atoms with van der Waals surface area (Å²) in [4.78, 5) is 0. The van der Waals surface area contributed by atoms with Gasteiger partial charge in [-0.05, 0) is 40.6 Å². The predicted molar refractivity (Wildman–Crippen MR) is 73.5 cm³/mol. The molecule has 0 bridgehead atoms. The average molecular weight is 298 g/mol. The van der Waals surface area contributed by atoms with Crippen LogP contribution in [0.5, 0.6) is 0 Å². The highest BCUT2D eigenvalue weighted by Gasteiger charge is 2.34. The molecule has 2 aliphatic rings. The first-order chi connectivity index (χ1) is 8.18. The van der Waals surface area contributed by atoms with Gasteiger partial charge in [0.25, 0.3) is 0 Å². The summed E-state index contributed by atoms with van der Waals surface area (Å²) < 4.78 is 3.43. The van der Waals surface area contributed by atoms with Gasteiger partial charge in [-0.2, -0.15) is 5.10 Å². The van der Waals surface area contributed by atoms with E-state index in [0.29, 0.717) is 12.0 Å². The number of nitrogens with zero attached hydrogens (tertiary/aromatic N) is 2. The van der Waals surface area contributed by atoms with Crippen LogP contribution in [0.1, 0.15) is 57.2 Å². The maximum absolute atomic E-state index is 4.84. The third kappa shape index (κ3) is 1.81. The fourth-order valence-corrected chi connectivity index (χ4v) is 4.03. The van der Waals surface area contributed by atoms with Gasteiger partial charge < -0.3 is 5.32 Å². The van der Waals surface area contributed by atoms with Crippen molar-refractivity contribution in [1.29, 1.82) is 0 Å². The van der Waals surface area contributed by atoms with Crippen LogP contribution >= 0.6 is 15.9 Å². The highest BCUT2D eigenvalue weighted by molar-refractivity contribution is 9.10. The zero-order valence-corrected chi connectivity index (χ0v) is 12.1. The molecule has 0 amide bonds. The second-order valence-corrected chi connectivity index (χ2v) is 6.43. The highest BCUT2D eigenvalue weighted by Crippen LogP contribution is 2.43. The van der Waals surface area contributed by atoms with E-state index in [4.69, 9.17) is 5.10 Å². The lowest BCUT2D eigenvalue weighted by atomic mass is 9.83. The van der Waals surface area contributed by atoms with E-state index >= 15 is 0 Å². The van der Waals surface area contributed by atoms with Crippen molar-refractivity contribution in [3.8, 4) is 0 Å². The van der Waals surface area contributed by atoms with Crippen molar-refractivity contribution in [2.45, 2.75) is 51.5 Å². The third-order valence-electron chi connectivity index (χ3n) is 4.14. The number of nitrogens with one attached hydrogen (secondary N) is 1. The van der Waals surface area contributed by atoms with Crippen molar-refractivity contribution in [2.75, 3.05) is 11.9 Å². The molecule has 0 saturated heterocycles. The predicted octanol–water partition coefficient (Wildman–Crippen LogP) is 3.93. The minimum absolute atomic E-state index is 0.478. The fraction of sp³-hybridized carbons (Fsp3) is 0.769. The Morgan fingerprint density at radius 2 is 2.12 bits per heavy atom. The van der Waals surface area contributed by atoms with E-state index in [1.807, 2.05) is 0 Å². The Labute approximate surface area is 111 Å². The van der Waals surface area contributed by atoms with Gasteiger partial charge in [-0.25, -0.2) is 4.68 Å². The Bertz CT molecular complexity index is 425. The van der Waals surface area contributed by atoms with Gasteiger partial charge >= 0.3 is 0 Å². The van der Waals surface area contributed by atoms with Gasteiger partial charge in [0.15, 0.2) is 0 Å². The lowest BCUT2D eigenvalue weighted by Gasteiger charge is -2.37. The molecule has 2 unspecified atom stereocenters. The van der Waals surface area contributed by atoms with Gasteiger partial charge in [-0.1, -0.05) is 26.7 Å². The lowest BCUT2D eigenvalue weighted by Crippen LogP contribution is -2.35. The van der Waals surface area contributed by atoms with Crippen molar-refractivity contribution in [3.05, 3.63) is 10.2 Å². The molecule has 3 rings (SSSR count). The lowest BCUT2D eigenvalue weighted by molar-refractivity contribution is 0.221. The first-order valence-electron chi connectivity index (χ1n) is 6.70. The standard InChI is InChI=1S/C13H20BrN3/c1-8(2)12-11(14)13-15-7-9-5-3-4-6-10(9)17(13)16-12/h8-10,15H,3-7H2,1-2H3. The van der Waals surface area contributed by atoms with Crippen molar-refractivity contribution >= 4 is 21.7 Å². The zero-order valence-electron chi connectivity index (χ0n) is 10.5. The Hall–Kier alpha value is -0.510. The van der Waals surface area contributed by atoms with E-state index in [2.05, 4.69) is 39.8 Å². The number of rotatable bonds is 1. The first-order valence-corrected chi connectivity index (χ1v) is 7.49. The number of hydrogen-bond acceptors (Lipinski definition) is 2. The summed E-state index contributed by atoms with van der Waals surface area (Å²) in [5.74, 6) is 2.46. The Morgan fingerprint density at radius 1 is 1.35 bits per heavy atom. The normalized spacial score (nSPS) is 27.5. The van der Waals surface area contributed by atoms with Crippen LogP contribution in [0.3, 0.4) is 0 Å². The molecule has 1 aliphatic heterocycles. The number of fused-ring (bicyclic) bond motifs is 3. The zero-order chi connectivity index (χ0) is 12.0. The quantitative estimate of drug-likeness (QED) is 0.851. The van der Waals surface area contributed by atoms with Crippen LogP contribution in [0, 0.1) is 5.92 Å². The molecule has 17 heavy (non-hydrogen) atoms. The van der Waals surface area contributed by atoms with Crippen LogP contribution < -0.4 is 5.32 Å². The summed E-state index contributed by atoms with van der Waals surface area (Å²) in [5, 5.41) is 8.40. The molecular weight excluding hydrogens is 278 g/mol. The van der Waals surface area contributed by atoms with Gasteiger partial charge in [-0.3, -0.25) is 0 Å². The number of hydrogen-bond donors (Lipinski definition) is 1. The van der Waals surface area contributed by atoms with Crippen LogP contribution in [0.25, 0.3) is 0 Å². The van der Waals surface area contributed by atoms with E-state index in [1.165, 1.54) is 41.7 Å². The van der Waals surface area contributed by atoms with Crippen molar-refractivity contribution in [2.24, 2.45) is 5.92 Å².